The van der Waals surface area contributed by atoms with Gasteiger partial charge in [-0.25, -0.2) is 9.97 Å². The lowest BCUT2D eigenvalue weighted by Crippen LogP contribution is -2.38. The Morgan fingerprint density at radius 3 is 2.45 bits per heavy atom. The Kier molecular flexibility index (Phi) is 4.76. The van der Waals surface area contributed by atoms with Crippen LogP contribution in [0.4, 0.5) is 11.4 Å². The molecule has 0 aliphatic carbocycles. The highest BCUT2D eigenvalue weighted by Crippen LogP contribution is 2.47. The minimum atomic E-state index is -4.46. The normalized spacial score (nSPS) is 15.1. The number of aromatic nitrogens is 2. The van der Waals surface area contributed by atoms with Crippen LogP contribution in [-0.2, 0) is 14.9 Å². The molecule has 4 rings (SSSR count). The summed E-state index contributed by atoms with van der Waals surface area (Å²) < 4.78 is 39.0. The molecule has 1 aliphatic heterocycles. The van der Waals surface area contributed by atoms with E-state index in [-0.39, 0.29) is 12.2 Å². The van der Waals surface area contributed by atoms with E-state index < -0.39 is 14.9 Å². The summed E-state index contributed by atoms with van der Waals surface area (Å²) in [7, 11) is -4.46. The van der Waals surface area contributed by atoms with E-state index in [1.165, 1.54) is 19.3 Å². The van der Waals surface area contributed by atoms with Crippen LogP contribution < -0.4 is 9.64 Å². The van der Waals surface area contributed by atoms with Gasteiger partial charge in [0.25, 0.3) is 10.1 Å². The summed E-state index contributed by atoms with van der Waals surface area (Å²) in [6.07, 6.45) is 3.01. The fourth-order valence-electron chi connectivity index (χ4n) is 3.43. The number of nitrogens with zero attached hydrogens (tertiary/aromatic N) is 3. The highest BCUT2D eigenvalue weighted by Gasteiger charge is 2.43. The van der Waals surface area contributed by atoms with E-state index in [1.54, 1.807) is 6.07 Å². The lowest BCUT2D eigenvalue weighted by Gasteiger charge is -2.35. The molecule has 1 aliphatic rings. The van der Waals surface area contributed by atoms with Crippen molar-refractivity contribution in [3.8, 4) is 11.5 Å². The van der Waals surface area contributed by atoms with Gasteiger partial charge in [0.05, 0.1) is 11.4 Å². The Hall–Kier alpha value is -2.97. The zero-order valence-electron chi connectivity index (χ0n) is 16.1. The molecule has 0 radical (unpaired) electrons. The van der Waals surface area contributed by atoms with E-state index in [0.717, 1.165) is 16.9 Å². The topological polar surface area (TPSA) is 92.6 Å². The third-order valence-electron chi connectivity index (χ3n) is 5.20. The van der Waals surface area contributed by atoms with Gasteiger partial charge < -0.3 is 9.64 Å². The van der Waals surface area contributed by atoms with Gasteiger partial charge in [-0.05, 0) is 56.2 Å². The zero-order chi connectivity index (χ0) is 20.6. The molecule has 0 fully saturated rings. The molecule has 7 nitrogen and oxygen atoms in total. The van der Waals surface area contributed by atoms with Gasteiger partial charge in [-0.15, -0.1) is 0 Å². The first-order chi connectivity index (χ1) is 13.8. The van der Waals surface area contributed by atoms with Crippen LogP contribution >= 0.6 is 0 Å². The zero-order valence-corrected chi connectivity index (χ0v) is 16.9. The van der Waals surface area contributed by atoms with Crippen LogP contribution in [0.3, 0.4) is 0 Å². The van der Waals surface area contributed by atoms with Crippen molar-refractivity contribution < 1.29 is 17.7 Å². The summed E-state index contributed by atoms with van der Waals surface area (Å²) in [5.74, 6) is 1.45. The van der Waals surface area contributed by atoms with E-state index in [2.05, 4.69) is 9.97 Å². The van der Waals surface area contributed by atoms with Gasteiger partial charge in [-0.3, -0.25) is 4.55 Å². The van der Waals surface area contributed by atoms with Crippen LogP contribution in [-0.4, -0.2) is 29.5 Å². The molecular weight excluding hydrogens is 390 g/mol. The van der Waals surface area contributed by atoms with Crippen LogP contribution in [0.1, 0.15) is 24.7 Å². The van der Waals surface area contributed by atoms with Crippen molar-refractivity contribution >= 4 is 21.5 Å². The van der Waals surface area contributed by atoms with E-state index in [1.807, 2.05) is 54.3 Å². The number of hydrogen-bond donors (Lipinski definition) is 1. The first-order valence-corrected chi connectivity index (χ1v) is 10.6. The second kappa shape index (κ2) is 7.13. The molecule has 1 unspecified atom stereocenters. The number of ether oxygens (including phenoxy) is 1. The number of anilines is 2. The summed E-state index contributed by atoms with van der Waals surface area (Å²) in [6.45, 7) is 3.74. The fourth-order valence-corrected chi connectivity index (χ4v) is 4.12. The highest BCUT2D eigenvalue weighted by atomic mass is 32.2. The Morgan fingerprint density at radius 2 is 1.72 bits per heavy atom. The Morgan fingerprint density at radius 1 is 1.03 bits per heavy atom. The van der Waals surface area contributed by atoms with Crippen molar-refractivity contribution in [2.75, 3.05) is 11.4 Å². The maximum atomic E-state index is 12.3. The smallest absolute Gasteiger partial charge is 0.277 e. The van der Waals surface area contributed by atoms with Crippen LogP contribution in [0.2, 0.25) is 0 Å². The van der Waals surface area contributed by atoms with Gasteiger partial charge in [0, 0.05) is 18.9 Å². The summed E-state index contributed by atoms with van der Waals surface area (Å²) in [5, 5.41) is 0. The van der Waals surface area contributed by atoms with E-state index in [0.29, 0.717) is 18.0 Å². The lowest BCUT2D eigenvalue weighted by molar-refractivity contribution is 0.415. The maximum absolute atomic E-state index is 12.3. The van der Waals surface area contributed by atoms with E-state index in [4.69, 9.17) is 4.74 Å². The Labute approximate surface area is 169 Å². The molecule has 2 heterocycles. The van der Waals surface area contributed by atoms with Crippen molar-refractivity contribution in [3.63, 3.8) is 0 Å². The molecule has 150 valence electrons. The third kappa shape index (κ3) is 3.45. The van der Waals surface area contributed by atoms with Gasteiger partial charge in [0.1, 0.15) is 0 Å². The third-order valence-corrected chi connectivity index (χ3v) is 6.73. The van der Waals surface area contributed by atoms with Crippen LogP contribution in [0.5, 0.6) is 11.5 Å². The molecule has 0 amide bonds. The first kappa shape index (κ1) is 19.4. The van der Waals surface area contributed by atoms with Gasteiger partial charge in [0.15, 0.2) is 22.1 Å². The monoisotopic (exact) mass is 411 g/mol. The standard InChI is InChI=1S/C21H21N3O4S/c1-15-8-9-19-17(14-15)24(16-6-3-4-7-18(16)28-19)13-10-21(2,29(25,26)27)20-22-11-5-12-23-20/h3-9,11-12,14H,10,13H2,1-2H3,(H,25,26,27). The molecule has 3 aromatic rings. The van der Waals surface area contributed by atoms with Crippen LogP contribution in [0.15, 0.2) is 60.9 Å². The minimum absolute atomic E-state index is 0.0634. The Bertz CT molecular complexity index is 1150. The predicted molar refractivity (Wildman–Crippen MR) is 110 cm³/mol. The largest absolute Gasteiger partial charge is 0.453 e. The summed E-state index contributed by atoms with van der Waals surface area (Å²) in [6, 6.07) is 15.0. The summed E-state index contributed by atoms with van der Waals surface area (Å²) >= 11 is 0. The molecule has 2 aromatic carbocycles. The summed E-state index contributed by atoms with van der Waals surface area (Å²) in [5.41, 5.74) is 2.73. The SMILES string of the molecule is Cc1ccc2c(c1)N(CCC(C)(c1ncccn1)S(=O)(=O)O)c1ccccc1O2. The highest BCUT2D eigenvalue weighted by molar-refractivity contribution is 7.86. The van der Waals surface area contributed by atoms with Gasteiger partial charge in [0.2, 0.25) is 0 Å². The second-order valence-corrected chi connectivity index (χ2v) is 9.07. The Balaban J connectivity index is 1.75. The molecule has 0 saturated carbocycles. The predicted octanol–water partition coefficient (Wildman–Crippen LogP) is 4.22. The average Bonchev–Trinajstić information content (AvgIpc) is 2.71. The molecule has 1 atom stereocenters. The number of rotatable bonds is 5. The molecule has 0 bridgehead atoms. The van der Waals surface area contributed by atoms with Gasteiger partial charge in [-0.1, -0.05) is 18.2 Å². The molecule has 0 saturated heterocycles. The fraction of sp³-hybridized carbons (Fsp3) is 0.238. The molecule has 8 heteroatoms. The number of benzene rings is 2. The maximum Gasteiger partial charge on any atom is 0.277 e. The van der Waals surface area contributed by atoms with Crippen molar-refractivity contribution in [2.45, 2.75) is 25.0 Å². The average molecular weight is 411 g/mol. The second-order valence-electron chi connectivity index (χ2n) is 7.22. The molecule has 1 N–H and O–H groups in total. The van der Waals surface area contributed by atoms with Crippen molar-refractivity contribution in [3.05, 3.63) is 72.3 Å². The van der Waals surface area contributed by atoms with E-state index >= 15 is 0 Å². The van der Waals surface area contributed by atoms with Crippen molar-refractivity contribution in [1.29, 1.82) is 0 Å². The first-order valence-electron chi connectivity index (χ1n) is 9.19. The molecule has 1 aromatic heterocycles. The number of para-hydroxylation sites is 2. The number of aryl methyl sites for hydroxylation is 1. The van der Waals surface area contributed by atoms with Crippen LogP contribution in [0.25, 0.3) is 0 Å². The van der Waals surface area contributed by atoms with E-state index in [9.17, 15) is 13.0 Å². The molecular formula is C21H21N3O4S. The van der Waals surface area contributed by atoms with Crippen molar-refractivity contribution in [2.24, 2.45) is 0 Å². The lowest BCUT2D eigenvalue weighted by atomic mass is 10.0. The van der Waals surface area contributed by atoms with Crippen molar-refractivity contribution in [1.82, 2.24) is 9.97 Å². The quantitative estimate of drug-likeness (QED) is 0.628. The number of fused-ring (bicyclic) bond motifs is 2. The van der Waals surface area contributed by atoms with Gasteiger partial charge in [-0.2, -0.15) is 8.42 Å². The molecule has 29 heavy (non-hydrogen) atoms. The molecule has 0 spiro atoms. The van der Waals surface area contributed by atoms with Crippen LogP contribution in [0, 0.1) is 6.92 Å². The van der Waals surface area contributed by atoms with Gasteiger partial charge >= 0.3 is 0 Å². The number of hydrogen-bond acceptors (Lipinski definition) is 6. The minimum Gasteiger partial charge on any atom is -0.453 e. The summed E-state index contributed by atoms with van der Waals surface area (Å²) in [4.78, 5) is 10.2.